The van der Waals surface area contributed by atoms with E-state index in [0.717, 1.165) is 24.3 Å². The molecule has 0 amide bonds. The van der Waals surface area contributed by atoms with E-state index in [-0.39, 0.29) is 38.1 Å². The number of ether oxygens (including phenoxy) is 1. The van der Waals surface area contributed by atoms with Gasteiger partial charge < -0.3 is 18.2 Å². The van der Waals surface area contributed by atoms with Crippen molar-refractivity contribution in [2.24, 2.45) is 0 Å². The number of esters is 1. The maximum atomic E-state index is 11.7. The van der Waals surface area contributed by atoms with Gasteiger partial charge in [0.1, 0.15) is 6.54 Å². The number of carbonyl (C=O) groups excluding carboxylic acids is 1. The largest absolute Gasteiger partial charge is 2.00 e. The Bertz CT molecular complexity index is 628. The van der Waals surface area contributed by atoms with Gasteiger partial charge in [-0.25, -0.2) is 6.08 Å². The number of nitrogens with zero attached hydrogens (tertiary/aromatic N) is 3. The van der Waals surface area contributed by atoms with Gasteiger partial charge in [-0.1, -0.05) is 17.7 Å². The van der Waals surface area contributed by atoms with Crippen LogP contribution < -0.4 is 4.90 Å². The molecule has 0 N–H and O–H groups in total. The number of carbonyl (C=O) groups is 1. The van der Waals surface area contributed by atoms with E-state index in [2.05, 4.69) is 27.8 Å². The van der Waals surface area contributed by atoms with Gasteiger partial charge in [0, 0.05) is 11.6 Å². The zero-order valence-electron chi connectivity index (χ0n) is 17.6. The molecule has 1 fully saturated rings. The Morgan fingerprint density at radius 3 is 2.34 bits per heavy atom. The summed E-state index contributed by atoms with van der Waals surface area (Å²) >= 11 is 9.48. The van der Waals surface area contributed by atoms with Gasteiger partial charge in [0.15, 0.2) is 0 Å². The molecule has 1 heterocycles. The molecule has 0 bridgehead atoms. The summed E-state index contributed by atoms with van der Waals surface area (Å²) in [5, 5.41) is 0.612. The number of hydrogen-bond acceptors (Lipinski definition) is 7. The summed E-state index contributed by atoms with van der Waals surface area (Å²) in [6, 6.07) is 5.40. The second kappa shape index (κ2) is 15.5. The van der Waals surface area contributed by atoms with Crippen LogP contribution in [0, 0.1) is 13.2 Å². The van der Waals surface area contributed by atoms with Gasteiger partial charge in [-0.3, -0.25) is 11.4 Å². The maximum absolute atomic E-state index is 11.7. The van der Waals surface area contributed by atoms with Gasteiger partial charge in [0.25, 0.3) is 0 Å². The van der Waals surface area contributed by atoms with Crippen LogP contribution in [-0.4, -0.2) is 59.4 Å². The molecule has 0 atom stereocenters. The van der Waals surface area contributed by atoms with E-state index in [4.69, 9.17) is 22.9 Å². The van der Waals surface area contributed by atoms with Crippen molar-refractivity contribution in [1.82, 2.24) is 8.61 Å². The molecule has 9 heteroatoms. The fourth-order valence-electron chi connectivity index (χ4n) is 2.50. The zero-order chi connectivity index (χ0) is 21.1. The van der Waals surface area contributed by atoms with Gasteiger partial charge in [0.2, 0.25) is 0 Å². The van der Waals surface area contributed by atoms with Crippen LogP contribution in [0.1, 0.15) is 26.3 Å². The van der Waals surface area contributed by atoms with Gasteiger partial charge in [-0.05, 0) is 58.1 Å². The normalized spacial score (nSPS) is 14.0. The van der Waals surface area contributed by atoms with E-state index < -0.39 is 0 Å². The Kier molecular flexibility index (Phi) is 15.4. The van der Waals surface area contributed by atoms with Crippen LogP contribution >= 0.6 is 35.5 Å². The van der Waals surface area contributed by atoms with Crippen molar-refractivity contribution in [2.45, 2.75) is 26.9 Å². The number of benzene rings is 1. The minimum absolute atomic E-state index is 0. The molecule has 164 valence electrons. The summed E-state index contributed by atoms with van der Waals surface area (Å²) in [4.78, 5) is 13.6. The standard InChI is InChI=1S/C15H19ClNO2.C5H11N2S2.Ru/c1-5-12-9-13(16)7-8-14(12)17(6-2)10-15(18)19-11(3)4;1-8-6-3-4-7(5-6)9-2;/h1,5,7-9,11H,6,10H2,2-4H3;5H,3-4H2,1-2H3;/q2*-1;+2. The third kappa shape index (κ3) is 10.6. The Morgan fingerprint density at radius 2 is 1.93 bits per heavy atom. The molecule has 0 saturated carbocycles. The smallest absolute Gasteiger partial charge is 0.462 e. The van der Waals surface area contributed by atoms with Crippen molar-refractivity contribution in [3.63, 3.8) is 0 Å². The number of hydrogen-bond donors (Lipinski definition) is 0. The molecule has 0 radical (unpaired) electrons. The molecule has 1 aromatic rings. The molecule has 2 rings (SSSR count). The number of halogens is 1. The van der Waals surface area contributed by atoms with Gasteiger partial charge in [0.05, 0.1) is 6.10 Å². The molecule has 1 aromatic carbocycles. The molecule has 1 saturated heterocycles. The fourth-order valence-corrected chi connectivity index (χ4v) is 3.69. The Hall–Kier alpha value is -0.237. The van der Waals surface area contributed by atoms with Crippen molar-refractivity contribution in [2.75, 3.05) is 43.6 Å². The van der Waals surface area contributed by atoms with Crippen LogP contribution in [0.15, 0.2) is 18.2 Å². The van der Waals surface area contributed by atoms with E-state index >= 15 is 0 Å². The van der Waals surface area contributed by atoms with Crippen molar-refractivity contribution in [3.8, 4) is 0 Å². The van der Waals surface area contributed by atoms with Crippen molar-refractivity contribution in [3.05, 3.63) is 42.0 Å². The molecule has 0 spiro atoms. The molecule has 0 aromatic heterocycles. The third-order valence-electron chi connectivity index (χ3n) is 3.85. The first-order valence-electron chi connectivity index (χ1n) is 9.09. The molecular formula is C20H30ClN3O2RuS2. The molecular weight excluding hydrogens is 515 g/mol. The first-order valence-corrected chi connectivity index (χ1v) is 11.8. The summed E-state index contributed by atoms with van der Waals surface area (Å²) in [5.74, 6) is -0.255. The van der Waals surface area contributed by atoms with Crippen LogP contribution in [-0.2, 0) is 29.0 Å². The zero-order valence-corrected chi connectivity index (χ0v) is 21.7. The molecule has 1 aliphatic rings. The Labute approximate surface area is 202 Å². The maximum Gasteiger partial charge on any atom is 2.00 e. The molecule has 0 aliphatic carbocycles. The number of anilines is 1. The monoisotopic (exact) mass is 545 g/mol. The molecule has 29 heavy (non-hydrogen) atoms. The van der Waals surface area contributed by atoms with Crippen molar-refractivity contribution in [1.29, 1.82) is 0 Å². The second-order valence-corrected chi connectivity index (χ2v) is 8.29. The summed E-state index contributed by atoms with van der Waals surface area (Å²) in [7, 11) is 0. The SMILES string of the molecule is CSN1[CH-]N(SC)CC1.[CH-]=Cc1cc(Cl)ccc1N(CC)CC(=O)OC(C)C.[Ru+2]. The third-order valence-corrected chi connectivity index (χ3v) is 5.57. The summed E-state index contributed by atoms with van der Waals surface area (Å²) in [6.07, 6.45) is 5.56. The predicted molar refractivity (Wildman–Crippen MR) is 124 cm³/mol. The summed E-state index contributed by atoms with van der Waals surface area (Å²) < 4.78 is 9.62. The first kappa shape index (κ1) is 28.8. The second-order valence-electron chi connectivity index (χ2n) is 6.18. The number of rotatable bonds is 8. The van der Waals surface area contributed by atoms with E-state index in [9.17, 15) is 4.79 Å². The predicted octanol–water partition coefficient (Wildman–Crippen LogP) is 4.84. The molecule has 1 aliphatic heterocycles. The van der Waals surface area contributed by atoms with Crippen molar-refractivity contribution < 1.29 is 29.0 Å². The fraction of sp³-hybridized carbons (Fsp3) is 0.500. The van der Waals surface area contributed by atoms with Gasteiger partial charge in [-0.2, -0.15) is 12.2 Å². The van der Waals surface area contributed by atoms with E-state index in [1.807, 2.05) is 31.7 Å². The molecule has 5 nitrogen and oxygen atoms in total. The van der Waals surface area contributed by atoms with Crippen LogP contribution in [0.3, 0.4) is 0 Å². The Morgan fingerprint density at radius 1 is 1.34 bits per heavy atom. The average molecular weight is 545 g/mol. The van der Waals surface area contributed by atoms with Crippen LogP contribution in [0.5, 0.6) is 0 Å². The van der Waals surface area contributed by atoms with Crippen LogP contribution in [0.2, 0.25) is 5.02 Å². The van der Waals surface area contributed by atoms with E-state index in [0.29, 0.717) is 11.6 Å². The quantitative estimate of drug-likeness (QED) is 0.200. The van der Waals surface area contributed by atoms with Crippen LogP contribution in [0.4, 0.5) is 5.69 Å². The van der Waals surface area contributed by atoms with Crippen LogP contribution in [0.25, 0.3) is 6.08 Å². The molecule has 0 unspecified atom stereocenters. The topological polar surface area (TPSA) is 36.0 Å². The summed E-state index contributed by atoms with van der Waals surface area (Å²) in [6.45, 7) is 16.6. The van der Waals surface area contributed by atoms with E-state index in [1.165, 1.54) is 6.08 Å². The first-order chi connectivity index (χ1) is 13.3. The Balaban J connectivity index is 0.000000658. The average Bonchev–Trinajstić information content (AvgIpc) is 3.14. The minimum atomic E-state index is -0.255. The van der Waals surface area contributed by atoms with E-state index in [1.54, 1.807) is 36.0 Å². The van der Waals surface area contributed by atoms with Crippen molar-refractivity contribution >= 4 is 53.2 Å². The van der Waals surface area contributed by atoms with Gasteiger partial charge in [-0.15, -0.1) is 30.0 Å². The number of likely N-dealkylation sites (N-methyl/N-ethyl adjacent to an activating group) is 1. The minimum Gasteiger partial charge on any atom is -0.462 e. The van der Waals surface area contributed by atoms with Gasteiger partial charge >= 0.3 is 25.4 Å². The summed E-state index contributed by atoms with van der Waals surface area (Å²) in [5.41, 5.74) is 1.67.